The standard InChI is InChI=1S/C19H23F2NO2S.Ti/c1-3-4-5-6-13-22(19-12-9-16(20)14-18(19)21)25(23,24)17-10-7-15(2)8-11-17;/h7-12,14H,3-6,13H2,1-2H3;. The van der Waals surface area contributed by atoms with Gasteiger partial charge in [0, 0.05) is 34.3 Å². The van der Waals surface area contributed by atoms with Crippen LogP contribution in [0.1, 0.15) is 38.2 Å². The van der Waals surface area contributed by atoms with Gasteiger partial charge in [0.1, 0.15) is 11.6 Å². The van der Waals surface area contributed by atoms with E-state index in [1.54, 1.807) is 12.1 Å². The van der Waals surface area contributed by atoms with Crippen LogP contribution in [-0.2, 0) is 31.7 Å². The van der Waals surface area contributed by atoms with E-state index < -0.39 is 21.7 Å². The van der Waals surface area contributed by atoms with E-state index in [-0.39, 0.29) is 38.8 Å². The minimum absolute atomic E-state index is 0. The number of anilines is 1. The van der Waals surface area contributed by atoms with E-state index in [4.69, 9.17) is 0 Å². The van der Waals surface area contributed by atoms with Crippen molar-refractivity contribution in [2.75, 3.05) is 10.8 Å². The zero-order valence-corrected chi connectivity index (χ0v) is 17.4. The van der Waals surface area contributed by atoms with Gasteiger partial charge in [0.2, 0.25) is 0 Å². The molecule has 0 N–H and O–H groups in total. The van der Waals surface area contributed by atoms with Gasteiger partial charge in [0.25, 0.3) is 10.0 Å². The third-order valence-electron chi connectivity index (χ3n) is 4.00. The Bertz CT molecular complexity index is 811. The van der Waals surface area contributed by atoms with Gasteiger partial charge >= 0.3 is 0 Å². The molecule has 0 heterocycles. The maximum absolute atomic E-state index is 14.2. The smallest absolute Gasteiger partial charge is 0.263 e. The predicted octanol–water partition coefficient (Wildman–Crippen LogP) is 5.05. The molecule has 0 aromatic heterocycles. The van der Waals surface area contributed by atoms with Crippen LogP contribution in [-0.4, -0.2) is 15.0 Å². The number of benzene rings is 2. The van der Waals surface area contributed by atoms with Crippen molar-refractivity contribution in [2.24, 2.45) is 0 Å². The molecule has 0 atom stereocenters. The molecule has 0 amide bonds. The Hall–Kier alpha value is -1.24. The van der Waals surface area contributed by atoms with Gasteiger partial charge in [-0.05, 0) is 37.6 Å². The van der Waals surface area contributed by atoms with Gasteiger partial charge < -0.3 is 0 Å². The van der Waals surface area contributed by atoms with E-state index in [0.29, 0.717) is 12.5 Å². The molecule has 0 radical (unpaired) electrons. The van der Waals surface area contributed by atoms with Gasteiger partial charge in [-0.3, -0.25) is 4.31 Å². The van der Waals surface area contributed by atoms with Crippen LogP contribution >= 0.6 is 0 Å². The average molecular weight is 415 g/mol. The number of rotatable bonds is 8. The van der Waals surface area contributed by atoms with Crippen molar-refractivity contribution >= 4 is 15.7 Å². The summed E-state index contributed by atoms with van der Waals surface area (Å²) in [6.45, 7) is 4.07. The van der Waals surface area contributed by atoms with Crippen molar-refractivity contribution in [2.45, 2.75) is 44.4 Å². The van der Waals surface area contributed by atoms with Gasteiger partial charge in [-0.15, -0.1) is 0 Å². The van der Waals surface area contributed by atoms with E-state index in [1.165, 1.54) is 18.2 Å². The first kappa shape index (κ1) is 22.8. The number of aryl methyl sites for hydroxylation is 1. The fourth-order valence-electron chi connectivity index (χ4n) is 2.57. The monoisotopic (exact) mass is 415 g/mol. The first-order chi connectivity index (χ1) is 11.9. The molecule has 26 heavy (non-hydrogen) atoms. The summed E-state index contributed by atoms with van der Waals surface area (Å²) in [6, 6.07) is 9.36. The van der Waals surface area contributed by atoms with Crippen LogP contribution in [0.2, 0.25) is 0 Å². The number of halogens is 2. The maximum Gasteiger partial charge on any atom is 0.264 e. The van der Waals surface area contributed by atoms with E-state index in [1.807, 2.05) is 6.92 Å². The molecule has 7 heteroatoms. The Morgan fingerprint density at radius 2 is 1.62 bits per heavy atom. The summed E-state index contributed by atoms with van der Waals surface area (Å²) < 4.78 is 54.5. The molecule has 2 aromatic carbocycles. The predicted molar refractivity (Wildman–Crippen MR) is 96.2 cm³/mol. The van der Waals surface area contributed by atoms with E-state index in [2.05, 4.69) is 6.92 Å². The van der Waals surface area contributed by atoms with Crippen molar-refractivity contribution in [1.82, 2.24) is 0 Å². The van der Waals surface area contributed by atoms with Crippen LogP contribution in [0.25, 0.3) is 0 Å². The number of hydrogen-bond donors (Lipinski definition) is 0. The van der Waals surface area contributed by atoms with E-state index >= 15 is 0 Å². The Morgan fingerprint density at radius 1 is 0.962 bits per heavy atom. The summed E-state index contributed by atoms with van der Waals surface area (Å²) in [4.78, 5) is 0.0947. The van der Waals surface area contributed by atoms with Gasteiger partial charge in [-0.2, -0.15) is 0 Å². The SMILES string of the molecule is CCCCCCN(c1ccc(F)cc1F)S(=O)(=O)c1ccc(C)cc1.[Ti]. The molecular weight excluding hydrogens is 392 g/mol. The molecule has 0 aliphatic rings. The van der Waals surface area contributed by atoms with Gasteiger partial charge in [0.05, 0.1) is 10.6 Å². The molecule has 0 fully saturated rings. The van der Waals surface area contributed by atoms with Crippen molar-refractivity contribution in [3.05, 3.63) is 59.7 Å². The first-order valence-corrected chi connectivity index (χ1v) is 9.84. The van der Waals surface area contributed by atoms with Crippen molar-refractivity contribution < 1.29 is 38.9 Å². The Morgan fingerprint density at radius 3 is 2.19 bits per heavy atom. The van der Waals surface area contributed by atoms with Crippen LogP contribution in [0.3, 0.4) is 0 Å². The van der Waals surface area contributed by atoms with Gasteiger partial charge in [-0.1, -0.05) is 43.9 Å². The number of unbranched alkanes of at least 4 members (excludes halogenated alkanes) is 3. The van der Waals surface area contributed by atoms with Crippen LogP contribution < -0.4 is 4.31 Å². The van der Waals surface area contributed by atoms with Gasteiger partial charge in [-0.25, -0.2) is 17.2 Å². The Labute approximate surface area is 169 Å². The van der Waals surface area contributed by atoms with Crippen molar-refractivity contribution in [3.63, 3.8) is 0 Å². The molecule has 0 aliphatic carbocycles. The van der Waals surface area contributed by atoms with Crippen LogP contribution in [0.15, 0.2) is 47.4 Å². The second-order valence-corrected chi connectivity index (χ2v) is 7.91. The van der Waals surface area contributed by atoms with E-state index in [0.717, 1.165) is 35.2 Å². The van der Waals surface area contributed by atoms with Crippen molar-refractivity contribution in [3.8, 4) is 0 Å². The molecule has 3 nitrogen and oxygen atoms in total. The first-order valence-electron chi connectivity index (χ1n) is 8.40. The second-order valence-electron chi connectivity index (χ2n) is 6.05. The third kappa shape index (κ3) is 5.63. The molecule has 0 bridgehead atoms. The summed E-state index contributed by atoms with van der Waals surface area (Å²) in [5.41, 5.74) is 0.805. The van der Waals surface area contributed by atoms with E-state index in [9.17, 15) is 17.2 Å². The largest absolute Gasteiger partial charge is 0.264 e. The molecule has 140 valence electrons. The molecule has 0 saturated heterocycles. The molecule has 0 unspecified atom stereocenters. The summed E-state index contributed by atoms with van der Waals surface area (Å²) in [5, 5.41) is 0. The second kappa shape index (κ2) is 10.2. The minimum atomic E-state index is -3.92. The summed E-state index contributed by atoms with van der Waals surface area (Å²) >= 11 is 0. The molecule has 2 aromatic rings. The number of sulfonamides is 1. The molecule has 2 rings (SSSR count). The number of nitrogens with zero attached hydrogens (tertiary/aromatic N) is 1. The van der Waals surface area contributed by atoms with Crippen LogP contribution in [0, 0.1) is 18.6 Å². The Kier molecular flexibility index (Phi) is 8.94. The number of hydrogen-bond acceptors (Lipinski definition) is 2. The minimum Gasteiger partial charge on any atom is -0.263 e. The van der Waals surface area contributed by atoms with Gasteiger partial charge in [0.15, 0.2) is 0 Å². The normalized spacial score (nSPS) is 11.1. The van der Waals surface area contributed by atoms with Crippen molar-refractivity contribution in [1.29, 1.82) is 0 Å². The summed E-state index contributed by atoms with van der Waals surface area (Å²) in [6.07, 6.45) is 3.44. The van der Waals surface area contributed by atoms with Crippen LogP contribution in [0.5, 0.6) is 0 Å². The molecule has 0 saturated carbocycles. The maximum atomic E-state index is 14.2. The molecule has 0 spiro atoms. The zero-order valence-electron chi connectivity index (χ0n) is 15.0. The molecule has 0 aliphatic heterocycles. The topological polar surface area (TPSA) is 37.4 Å². The zero-order chi connectivity index (χ0) is 18.4. The summed E-state index contributed by atoms with van der Waals surface area (Å²) in [7, 11) is -3.92. The fourth-order valence-corrected chi connectivity index (χ4v) is 4.08. The Balaban J connectivity index is 0.00000338. The van der Waals surface area contributed by atoms with Crippen LogP contribution in [0.4, 0.5) is 14.5 Å². The average Bonchev–Trinajstić information content (AvgIpc) is 2.56. The molecular formula is C19H23F2NO2STi. The third-order valence-corrected chi connectivity index (χ3v) is 5.83. The fraction of sp³-hybridized carbons (Fsp3) is 0.368. The summed E-state index contributed by atoms with van der Waals surface area (Å²) in [5.74, 6) is -1.62. The quantitative estimate of drug-likeness (QED) is 0.447.